The largest absolute Gasteiger partial charge is 0.353 e. The molecule has 0 bridgehead atoms. The molecule has 6 nitrogen and oxygen atoms in total. The maximum Gasteiger partial charge on any atom is 0.257 e. The fraction of sp³-hybridized carbons (Fsp3) is 0.227. The van der Waals surface area contributed by atoms with Crippen molar-refractivity contribution < 1.29 is 4.79 Å². The fourth-order valence-corrected chi connectivity index (χ4v) is 3.47. The van der Waals surface area contributed by atoms with E-state index in [1.807, 2.05) is 36.4 Å². The zero-order valence-electron chi connectivity index (χ0n) is 16.2. The number of nitrogens with one attached hydrogen (secondary N) is 1. The van der Waals surface area contributed by atoms with E-state index in [9.17, 15) is 4.79 Å². The molecule has 1 aromatic heterocycles. The Balaban J connectivity index is 1.42. The quantitative estimate of drug-likeness (QED) is 0.712. The van der Waals surface area contributed by atoms with Gasteiger partial charge >= 0.3 is 0 Å². The van der Waals surface area contributed by atoms with E-state index >= 15 is 0 Å². The number of carbonyl (C=O) groups excluding carboxylic acids is 1. The molecule has 1 fully saturated rings. The zero-order valence-corrected chi connectivity index (χ0v) is 16.9. The average molecular weight is 408 g/mol. The summed E-state index contributed by atoms with van der Waals surface area (Å²) in [7, 11) is 2.13. The number of carbonyl (C=O) groups is 1. The Morgan fingerprint density at radius 2 is 1.66 bits per heavy atom. The fourth-order valence-electron chi connectivity index (χ4n) is 3.25. The van der Waals surface area contributed by atoms with Crippen LogP contribution in [0.5, 0.6) is 0 Å². The van der Waals surface area contributed by atoms with Crippen LogP contribution in [0.15, 0.2) is 60.7 Å². The van der Waals surface area contributed by atoms with E-state index in [1.54, 1.807) is 24.3 Å². The topological polar surface area (TPSA) is 61.4 Å². The molecule has 2 aromatic carbocycles. The Kier molecular flexibility index (Phi) is 5.74. The first-order chi connectivity index (χ1) is 14.1. The van der Waals surface area contributed by atoms with Crippen LogP contribution in [0.1, 0.15) is 10.4 Å². The van der Waals surface area contributed by atoms with Crippen molar-refractivity contribution >= 4 is 29.0 Å². The number of halogens is 1. The molecule has 0 atom stereocenters. The van der Waals surface area contributed by atoms with E-state index in [0.29, 0.717) is 16.3 Å². The summed E-state index contributed by atoms with van der Waals surface area (Å²) in [5.74, 6) is 0.671. The molecule has 0 spiro atoms. The van der Waals surface area contributed by atoms with Gasteiger partial charge in [-0.3, -0.25) is 4.79 Å². The molecule has 2 heterocycles. The third-order valence-electron chi connectivity index (χ3n) is 5.03. The highest BCUT2D eigenvalue weighted by Crippen LogP contribution is 2.22. The van der Waals surface area contributed by atoms with Gasteiger partial charge in [0.2, 0.25) is 0 Å². The minimum Gasteiger partial charge on any atom is -0.353 e. The minimum absolute atomic E-state index is 0.236. The maximum atomic E-state index is 12.4. The third kappa shape index (κ3) is 4.55. The van der Waals surface area contributed by atoms with Gasteiger partial charge in [-0.25, -0.2) is 0 Å². The monoisotopic (exact) mass is 407 g/mol. The molecule has 7 heteroatoms. The Bertz CT molecular complexity index is 983. The molecule has 3 aromatic rings. The van der Waals surface area contributed by atoms with Crippen LogP contribution in [0.2, 0.25) is 5.02 Å². The number of amides is 1. The van der Waals surface area contributed by atoms with Crippen LogP contribution in [0, 0.1) is 0 Å². The van der Waals surface area contributed by atoms with Gasteiger partial charge in [0, 0.05) is 37.4 Å². The molecule has 29 heavy (non-hydrogen) atoms. The number of hydrogen-bond acceptors (Lipinski definition) is 5. The standard InChI is InChI=1S/C22H22ClN5O/c1-27-12-14-28(15-13-27)21-11-10-20(25-26-21)16-6-8-17(9-7-16)24-22(29)18-4-2-3-5-19(18)23/h2-11H,12-15H2,1H3,(H,24,29). The van der Waals surface area contributed by atoms with Crippen LogP contribution in [0.4, 0.5) is 11.5 Å². The Morgan fingerprint density at radius 3 is 2.31 bits per heavy atom. The van der Waals surface area contributed by atoms with Crippen molar-refractivity contribution in [2.45, 2.75) is 0 Å². The van der Waals surface area contributed by atoms with Crippen LogP contribution in [-0.4, -0.2) is 54.2 Å². The van der Waals surface area contributed by atoms with Gasteiger partial charge in [-0.1, -0.05) is 35.9 Å². The summed E-state index contributed by atoms with van der Waals surface area (Å²) in [5, 5.41) is 12.1. The Hall–Kier alpha value is -2.96. The summed E-state index contributed by atoms with van der Waals surface area (Å²) in [5.41, 5.74) is 2.88. The van der Waals surface area contributed by atoms with Gasteiger partial charge in [-0.05, 0) is 43.4 Å². The molecule has 1 saturated heterocycles. The summed E-state index contributed by atoms with van der Waals surface area (Å²) in [6, 6.07) is 18.5. The molecule has 1 aliphatic rings. The normalized spacial score (nSPS) is 14.6. The molecule has 1 aliphatic heterocycles. The van der Waals surface area contributed by atoms with Gasteiger partial charge in [-0.15, -0.1) is 10.2 Å². The van der Waals surface area contributed by atoms with Gasteiger partial charge < -0.3 is 15.1 Å². The number of piperazine rings is 1. The number of aromatic nitrogens is 2. The van der Waals surface area contributed by atoms with E-state index in [2.05, 4.69) is 32.4 Å². The van der Waals surface area contributed by atoms with Gasteiger partial charge in [0.15, 0.2) is 5.82 Å². The summed E-state index contributed by atoms with van der Waals surface area (Å²) in [4.78, 5) is 16.9. The molecule has 148 valence electrons. The predicted octanol–water partition coefficient (Wildman–Crippen LogP) is 3.80. The SMILES string of the molecule is CN1CCN(c2ccc(-c3ccc(NC(=O)c4ccccc4Cl)cc3)nn2)CC1. The van der Waals surface area contributed by atoms with Crippen molar-refractivity contribution in [3.63, 3.8) is 0 Å². The van der Waals surface area contributed by atoms with Gasteiger partial charge in [0.05, 0.1) is 16.3 Å². The third-order valence-corrected chi connectivity index (χ3v) is 5.36. The van der Waals surface area contributed by atoms with Crippen molar-refractivity contribution in [3.8, 4) is 11.3 Å². The summed E-state index contributed by atoms with van der Waals surface area (Å²) >= 11 is 6.08. The van der Waals surface area contributed by atoms with Crippen LogP contribution in [0.25, 0.3) is 11.3 Å². The molecule has 0 aliphatic carbocycles. The van der Waals surface area contributed by atoms with Gasteiger partial charge in [0.1, 0.15) is 0 Å². The Labute approximate surface area is 175 Å². The predicted molar refractivity (Wildman–Crippen MR) is 117 cm³/mol. The molecular weight excluding hydrogens is 386 g/mol. The lowest BCUT2D eigenvalue weighted by Gasteiger charge is -2.32. The molecule has 4 rings (SSSR count). The lowest BCUT2D eigenvalue weighted by molar-refractivity contribution is 0.102. The van der Waals surface area contributed by atoms with Gasteiger partial charge in [-0.2, -0.15) is 0 Å². The summed E-state index contributed by atoms with van der Waals surface area (Å²) in [6.07, 6.45) is 0. The van der Waals surface area contributed by atoms with Crippen molar-refractivity contribution in [2.24, 2.45) is 0 Å². The molecule has 0 saturated carbocycles. The number of anilines is 2. The maximum absolute atomic E-state index is 12.4. The molecule has 1 N–H and O–H groups in total. The van der Waals surface area contributed by atoms with E-state index in [0.717, 1.165) is 43.3 Å². The second-order valence-corrected chi connectivity index (χ2v) is 7.49. The second-order valence-electron chi connectivity index (χ2n) is 7.08. The van der Waals surface area contributed by atoms with Gasteiger partial charge in [0.25, 0.3) is 5.91 Å². The van der Waals surface area contributed by atoms with E-state index in [4.69, 9.17) is 11.6 Å². The smallest absolute Gasteiger partial charge is 0.257 e. The zero-order chi connectivity index (χ0) is 20.2. The molecular formula is C22H22ClN5O. The number of rotatable bonds is 4. The summed E-state index contributed by atoms with van der Waals surface area (Å²) < 4.78 is 0. The molecule has 0 radical (unpaired) electrons. The summed E-state index contributed by atoms with van der Waals surface area (Å²) in [6.45, 7) is 3.99. The molecule has 0 unspecified atom stereocenters. The van der Waals surface area contributed by atoms with Crippen LogP contribution < -0.4 is 10.2 Å². The second kappa shape index (κ2) is 8.59. The highest BCUT2D eigenvalue weighted by atomic mass is 35.5. The highest BCUT2D eigenvalue weighted by molar-refractivity contribution is 6.34. The number of hydrogen-bond donors (Lipinski definition) is 1. The number of likely N-dealkylation sites (N-methyl/N-ethyl adjacent to an activating group) is 1. The Morgan fingerprint density at radius 1 is 0.931 bits per heavy atom. The van der Waals surface area contributed by atoms with Crippen LogP contribution in [-0.2, 0) is 0 Å². The lowest BCUT2D eigenvalue weighted by Crippen LogP contribution is -2.44. The number of benzene rings is 2. The van der Waals surface area contributed by atoms with E-state index in [1.165, 1.54) is 0 Å². The van der Waals surface area contributed by atoms with Crippen molar-refractivity contribution in [1.82, 2.24) is 15.1 Å². The highest BCUT2D eigenvalue weighted by Gasteiger charge is 2.16. The first-order valence-electron chi connectivity index (χ1n) is 9.54. The van der Waals surface area contributed by atoms with Crippen LogP contribution >= 0.6 is 11.6 Å². The van der Waals surface area contributed by atoms with Crippen molar-refractivity contribution in [1.29, 1.82) is 0 Å². The minimum atomic E-state index is -0.236. The average Bonchev–Trinajstić information content (AvgIpc) is 2.75. The molecule has 1 amide bonds. The lowest BCUT2D eigenvalue weighted by atomic mass is 10.1. The van der Waals surface area contributed by atoms with Crippen molar-refractivity contribution in [3.05, 3.63) is 71.2 Å². The van der Waals surface area contributed by atoms with E-state index < -0.39 is 0 Å². The first-order valence-corrected chi connectivity index (χ1v) is 9.91. The number of nitrogens with zero attached hydrogens (tertiary/aromatic N) is 4. The van der Waals surface area contributed by atoms with Crippen molar-refractivity contribution in [2.75, 3.05) is 43.4 Å². The first kappa shape index (κ1) is 19.4. The van der Waals surface area contributed by atoms with E-state index in [-0.39, 0.29) is 5.91 Å². The van der Waals surface area contributed by atoms with Crippen LogP contribution in [0.3, 0.4) is 0 Å².